The molecule has 0 saturated heterocycles. The molecule has 1 aliphatic carbocycles. The molecule has 246 valence electrons. The lowest BCUT2D eigenvalue weighted by atomic mass is 9.90. The van der Waals surface area contributed by atoms with Gasteiger partial charge in [0.25, 0.3) is 5.43 Å². The number of ether oxygens (including phenoxy) is 2. The van der Waals surface area contributed by atoms with Crippen LogP contribution in [-0.4, -0.2) is 40.1 Å². The summed E-state index contributed by atoms with van der Waals surface area (Å²) in [6, 6.07) is 7.96. The molecule has 2 aliphatic rings. The summed E-state index contributed by atoms with van der Waals surface area (Å²) in [6.45, 7) is 5.57. The van der Waals surface area contributed by atoms with Gasteiger partial charge in [-0.3, -0.25) is 25.0 Å². The molecule has 0 aromatic heterocycles. The first-order valence-corrected chi connectivity index (χ1v) is 16.0. The van der Waals surface area contributed by atoms with Gasteiger partial charge in [-0.2, -0.15) is 0 Å². The summed E-state index contributed by atoms with van der Waals surface area (Å²) >= 11 is 6.49. The first-order chi connectivity index (χ1) is 22.3. The lowest BCUT2D eigenvalue weighted by Gasteiger charge is -2.19. The highest BCUT2D eigenvalue weighted by Gasteiger charge is 2.32. The van der Waals surface area contributed by atoms with Crippen molar-refractivity contribution in [3.05, 3.63) is 93.5 Å². The Kier molecular flexibility index (Phi) is 11.5. The van der Waals surface area contributed by atoms with Crippen LogP contribution >= 0.6 is 31.9 Å². The number of non-ortho nitro benzene ring substituents is 1. The van der Waals surface area contributed by atoms with Gasteiger partial charge >= 0.3 is 23.3 Å². The zero-order valence-electron chi connectivity index (χ0n) is 25.0. The quantitative estimate of drug-likeness (QED) is 0.0305. The van der Waals surface area contributed by atoms with Crippen LogP contribution in [0.2, 0.25) is 0 Å². The van der Waals surface area contributed by atoms with Crippen molar-refractivity contribution in [2.75, 3.05) is 13.2 Å². The molecule has 0 radical (unpaired) electrons. The minimum Gasteiger partial charge on any atom is -0.486 e. The van der Waals surface area contributed by atoms with Crippen molar-refractivity contribution in [2.24, 2.45) is 0 Å². The molecule has 2 aromatic carbocycles. The van der Waals surface area contributed by atoms with Gasteiger partial charge in [-0.1, -0.05) is 50.5 Å². The highest BCUT2D eigenvalue weighted by molar-refractivity contribution is 9.11. The van der Waals surface area contributed by atoms with E-state index in [4.69, 9.17) is 13.9 Å². The Morgan fingerprint density at radius 1 is 0.915 bits per heavy atom. The normalized spacial score (nSPS) is 11.0. The predicted molar refractivity (Wildman–Crippen MR) is 179 cm³/mol. The van der Waals surface area contributed by atoms with Crippen molar-refractivity contribution >= 4 is 66.1 Å². The summed E-state index contributed by atoms with van der Waals surface area (Å²) in [5.74, 6) is -1.98. The molecular formula is C32H28Br2N2O11. The third-order valence-electron chi connectivity index (χ3n) is 7.24. The van der Waals surface area contributed by atoms with Crippen LogP contribution in [0.25, 0.3) is 33.4 Å². The molecule has 1 N–H and O–H groups in total. The van der Waals surface area contributed by atoms with Crippen LogP contribution in [0.5, 0.6) is 5.75 Å². The number of fused-ring (bicyclic) bond motifs is 2. The molecule has 0 fully saturated rings. The van der Waals surface area contributed by atoms with Gasteiger partial charge in [0.15, 0.2) is 11.3 Å². The Bertz CT molecular complexity index is 1940. The van der Waals surface area contributed by atoms with Gasteiger partial charge in [-0.15, -0.1) is 0 Å². The van der Waals surface area contributed by atoms with Crippen LogP contribution in [0.4, 0.5) is 11.4 Å². The topological polar surface area (TPSA) is 189 Å². The molecule has 1 heterocycles. The van der Waals surface area contributed by atoms with E-state index in [9.17, 15) is 39.7 Å². The van der Waals surface area contributed by atoms with E-state index in [-0.39, 0.29) is 60.3 Å². The molecule has 0 unspecified atom stereocenters. The summed E-state index contributed by atoms with van der Waals surface area (Å²) in [4.78, 5) is 59.0. The van der Waals surface area contributed by atoms with Crippen LogP contribution in [0.15, 0.2) is 66.7 Å². The number of carboxylic acids is 1. The van der Waals surface area contributed by atoms with Gasteiger partial charge in [-0.25, -0.2) is 9.59 Å². The van der Waals surface area contributed by atoms with E-state index in [1.807, 2.05) is 0 Å². The molecular weight excluding hydrogens is 748 g/mol. The second kappa shape index (κ2) is 15.3. The number of carbonyl (C=O) groups excluding carboxylic acids is 1. The van der Waals surface area contributed by atoms with Crippen molar-refractivity contribution in [3.8, 4) is 28.2 Å². The van der Waals surface area contributed by atoms with Crippen molar-refractivity contribution < 1.29 is 38.4 Å². The van der Waals surface area contributed by atoms with Gasteiger partial charge in [0.1, 0.15) is 8.95 Å². The maximum absolute atomic E-state index is 12.8. The van der Waals surface area contributed by atoms with E-state index in [0.717, 1.165) is 44.2 Å². The standard InChI is InChI=1S/C32H28Br2N2O11/c1-17(2)32(40)46-14-10-6-4-3-5-9-13-45-30-23(36(43)44)16-21-24(18-11-7-8-12-19(18)31(38)39)20-15-22(35(41)42)27(37)25(33)28(20)47-29(21)26(30)34/h7-8,11-12,15-16H,1,3-6,9-10,13-14H2,2H3,(H,38,39). The third-order valence-corrected chi connectivity index (χ3v) is 8.68. The number of nitro benzene ring substituents is 2. The number of nitrogens with zero attached hydrogens (tertiary/aromatic N) is 2. The Labute approximate surface area is 284 Å². The number of halogens is 2. The molecule has 15 heteroatoms. The van der Waals surface area contributed by atoms with Crippen molar-refractivity contribution in [1.82, 2.24) is 0 Å². The number of unbranched alkanes of at least 4 members (excludes halogenated alkanes) is 5. The number of rotatable bonds is 15. The number of aromatic carboxylic acids is 1. The SMILES string of the molecule is C=C(C)C(=O)OCCCCCCCCOc1c([N+](=O)[O-])cc2c(-c3ccccc3C(=O)O)c3cc([N+](=O)[O-])c(=O)c(Br)c-3oc2c1Br. The summed E-state index contributed by atoms with van der Waals surface area (Å²) < 4.78 is 16.8. The van der Waals surface area contributed by atoms with E-state index in [0.29, 0.717) is 18.6 Å². The van der Waals surface area contributed by atoms with Crippen molar-refractivity contribution in [2.45, 2.75) is 45.4 Å². The highest BCUT2D eigenvalue weighted by atomic mass is 79.9. The van der Waals surface area contributed by atoms with E-state index >= 15 is 0 Å². The number of carboxylic acid groups (broad SMARTS) is 1. The minimum absolute atomic E-state index is 0.00501. The van der Waals surface area contributed by atoms with Gasteiger partial charge < -0.3 is 19.0 Å². The molecule has 47 heavy (non-hydrogen) atoms. The van der Waals surface area contributed by atoms with Crippen molar-refractivity contribution in [3.63, 3.8) is 0 Å². The van der Waals surface area contributed by atoms with E-state index in [1.54, 1.807) is 13.0 Å². The van der Waals surface area contributed by atoms with E-state index in [2.05, 4.69) is 38.4 Å². The highest BCUT2D eigenvalue weighted by Crippen LogP contribution is 2.50. The Morgan fingerprint density at radius 3 is 2.15 bits per heavy atom. The fourth-order valence-electron chi connectivity index (χ4n) is 4.98. The zero-order chi connectivity index (χ0) is 34.4. The Morgan fingerprint density at radius 2 is 1.53 bits per heavy atom. The van der Waals surface area contributed by atoms with Crippen LogP contribution in [-0.2, 0) is 9.53 Å². The molecule has 2 aromatic rings. The molecule has 0 bridgehead atoms. The average molecular weight is 776 g/mol. The maximum Gasteiger partial charge on any atom is 0.336 e. The maximum atomic E-state index is 12.8. The summed E-state index contributed by atoms with van der Waals surface area (Å²) in [7, 11) is 0. The largest absolute Gasteiger partial charge is 0.486 e. The molecule has 0 amide bonds. The predicted octanol–water partition coefficient (Wildman–Crippen LogP) is 8.44. The fourth-order valence-corrected chi connectivity index (χ4v) is 6.09. The number of hydrogen-bond acceptors (Lipinski definition) is 10. The van der Waals surface area contributed by atoms with Crippen LogP contribution in [0, 0.1) is 20.2 Å². The summed E-state index contributed by atoms with van der Waals surface area (Å²) in [6.07, 6.45) is 4.69. The lowest BCUT2D eigenvalue weighted by molar-refractivity contribution is -0.386. The van der Waals surface area contributed by atoms with Crippen LogP contribution in [0.3, 0.4) is 0 Å². The zero-order valence-corrected chi connectivity index (χ0v) is 28.2. The summed E-state index contributed by atoms with van der Waals surface area (Å²) in [5, 5.41) is 34.1. The smallest absolute Gasteiger partial charge is 0.336 e. The molecule has 4 rings (SSSR count). The Hall–Kier alpha value is -4.63. The van der Waals surface area contributed by atoms with Gasteiger partial charge in [0, 0.05) is 34.2 Å². The lowest BCUT2D eigenvalue weighted by Crippen LogP contribution is -2.12. The molecule has 0 saturated carbocycles. The van der Waals surface area contributed by atoms with E-state index in [1.165, 1.54) is 18.2 Å². The third kappa shape index (κ3) is 7.68. The molecule has 0 spiro atoms. The molecule has 13 nitrogen and oxygen atoms in total. The second-order valence-corrected chi connectivity index (χ2v) is 12.1. The fraction of sp³-hybridized carbons (Fsp3) is 0.281. The minimum atomic E-state index is -1.31. The number of carbonyl (C=O) groups is 2. The van der Waals surface area contributed by atoms with Gasteiger partial charge in [-0.05, 0) is 63.3 Å². The number of hydrogen-bond donors (Lipinski definition) is 1. The number of esters is 1. The first kappa shape index (κ1) is 35.2. The van der Waals surface area contributed by atoms with E-state index < -0.39 is 38.6 Å². The van der Waals surface area contributed by atoms with Crippen LogP contribution in [0.1, 0.15) is 55.8 Å². The molecule has 0 atom stereocenters. The molecule has 1 aliphatic heterocycles. The number of benzene rings is 3. The monoisotopic (exact) mass is 774 g/mol. The number of nitro groups is 2. The van der Waals surface area contributed by atoms with Gasteiger partial charge in [0.2, 0.25) is 5.75 Å². The first-order valence-electron chi connectivity index (χ1n) is 14.4. The average Bonchev–Trinajstić information content (AvgIpc) is 3.03. The van der Waals surface area contributed by atoms with Gasteiger partial charge in [0.05, 0.1) is 28.6 Å². The second-order valence-electron chi connectivity index (χ2n) is 10.6. The van der Waals surface area contributed by atoms with Crippen molar-refractivity contribution in [1.29, 1.82) is 0 Å². The summed E-state index contributed by atoms with van der Waals surface area (Å²) in [5.41, 5.74) is -1.89. The van der Waals surface area contributed by atoms with Crippen LogP contribution < -0.4 is 10.2 Å². The Balaban J connectivity index is 1.70.